The van der Waals surface area contributed by atoms with Gasteiger partial charge in [-0.15, -0.1) is 28.8 Å². The van der Waals surface area contributed by atoms with Crippen molar-refractivity contribution in [1.82, 2.24) is 14.5 Å². The summed E-state index contributed by atoms with van der Waals surface area (Å²) in [5, 5.41) is 2.33. The van der Waals surface area contributed by atoms with Crippen molar-refractivity contribution in [3.8, 4) is 16.9 Å². The van der Waals surface area contributed by atoms with Crippen molar-refractivity contribution < 1.29 is 21.1 Å². The minimum absolute atomic E-state index is 0. The van der Waals surface area contributed by atoms with E-state index in [9.17, 15) is 0 Å². The zero-order chi connectivity index (χ0) is 32.6. The second-order valence-corrected chi connectivity index (χ2v) is 13.9. The van der Waals surface area contributed by atoms with Crippen LogP contribution in [0.25, 0.3) is 38.8 Å². The van der Waals surface area contributed by atoms with Gasteiger partial charge in [-0.25, -0.2) is 4.98 Å². The average Bonchev–Trinajstić information content (AvgIpc) is 3.78. The largest absolute Gasteiger partial charge is 0.510 e. The maximum absolute atomic E-state index is 5.74. The molecular weight excluding hydrogens is 780 g/mol. The predicted molar refractivity (Wildman–Crippen MR) is 196 cm³/mol. The normalized spacial score (nSPS) is 14.7. The van der Waals surface area contributed by atoms with Crippen molar-refractivity contribution in [1.29, 1.82) is 0 Å². The van der Waals surface area contributed by atoms with Gasteiger partial charge in [-0.1, -0.05) is 93.0 Å². The molecule has 4 nitrogen and oxygen atoms in total. The number of rotatable bonds is 4. The number of hydrogen-bond donors (Lipinski definition) is 0. The molecule has 0 saturated carbocycles. The van der Waals surface area contributed by atoms with Crippen molar-refractivity contribution in [2.24, 2.45) is 0 Å². The Morgan fingerprint density at radius 1 is 0.735 bits per heavy atom. The molecule has 0 fully saturated rings. The zero-order valence-corrected chi connectivity index (χ0v) is 30.2. The molecule has 0 N–H and O–H groups in total. The van der Waals surface area contributed by atoms with Gasteiger partial charge in [-0.05, 0) is 76.3 Å². The van der Waals surface area contributed by atoms with Crippen molar-refractivity contribution in [3.05, 3.63) is 180 Å². The molecule has 0 atom stereocenters. The van der Waals surface area contributed by atoms with Crippen LogP contribution < -0.4 is 4.90 Å². The number of aromatic nitrogens is 2. The van der Waals surface area contributed by atoms with Gasteiger partial charge in [0.25, 0.3) is 0 Å². The Morgan fingerprint density at radius 2 is 1.43 bits per heavy atom. The maximum atomic E-state index is 5.74. The fraction of sp³-hybridized carbons (Fsp3) is 0.136. The van der Waals surface area contributed by atoms with Crippen molar-refractivity contribution in [2.45, 2.75) is 31.6 Å². The van der Waals surface area contributed by atoms with Crippen LogP contribution in [-0.4, -0.2) is 21.5 Å². The summed E-state index contributed by atoms with van der Waals surface area (Å²) in [7, 11) is 2.04. The van der Waals surface area contributed by atoms with Crippen LogP contribution in [0, 0.1) is 18.8 Å². The fourth-order valence-electron chi connectivity index (χ4n) is 7.68. The number of pyridine rings is 1. The average molecular weight is 815 g/mol. The Morgan fingerprint density at radius 3 is 2.10 bits per heavy atom. The first-order valence-corrected chi connectivity index (χ1v) is 16.5. The van der Waals surface area contributed by atoms with Crippen LogP contribution in [0.1, 0.15) is 48.7 Å². The van der Waals surface area contributed by atoms with E-state index in [2.05, 4.69) is 164 Å². The first kappa shape index (κ1) is 31.4. The molecule has 5 heteroatoms. The van der Waals surface area contributed by atoms with Crippen LogP contribution in [0.5, 0.6) is 0 Å². The number of anilines is 1. The van der Waals surface area contributed by atoms with E-state index in [0.717, 1.165) is 39.2 Å². The summed E-state index contributed by atoms with van der Waals surface area (Å²) in [5.41, 5.74) is 10.5. The van der Waals surface area contributed by atoms with Crippen molar-refractivity contribution >= 4 is 27.5 Å². The molecule has 0 spiro atoms. The van der Waals surface area contributed by atoms with Gasteiger partial charge in [0.15, 0.2) is 0 Å². The first-order chi connectivity index (χ1) is 23.3. The predicted octanol–water partition coefficient (Wildman–Crippen LogP) is 9.78. The molecule has 7 aromatic rings. The summed E-state index contributed by atoms with van der Waals surface area (Å²) >= 11 is 0. The van der Waals surface area contributed by atoms with Gasteiger partial charge in [0.05, 0.1) is 11.1 Å². The Labute approximate surface area is 302 Å². The molecule has 1 aliphatic carbocycles. The van der Waals surface area contributed by atoms with Gasteiger partial charge < -0.3 is 14.4 Å². The van der Waals surface area contributed by atoms with Crippen LogP contribution in [0.3, 0.4) is 0 Å². The molecule has 0 unspecified atom stereocenters. The second-order valence-electron chi connectivity index (χ2n) is 13.9. The molecule has 0 amide bonds. The third kappa shape index (κ3) is 4.72. The first-order valence-electron chi connectivity index (χ1n) is 16.5. The van der Waals surface area contributed by atoms with E-state index in [1.165, 1.54) is 33.2 Å². The van der Waals surface area contributed by atoms with Gasteiger partial charge in [0.2, 0.25) is 0 Å². The molecule has 49 heavy (non-hydrogen) atoms. The Bertz CT molecular complexity index is 2350. The maximum Gasteiger partial charge on any atom is 0.136 e. The number of nitrogens with zero attached hydrogens (tertiary/aromatic N) is 4. The summed E-state index contributed by atoms with van der Waals surface area (Å²) in [6.45, 7) is 8.93. The topological polar surface area (TPSA) is 24.3 Å². The number of fused-ring (bicyclic) bond motifs is 6. The fourth-order valence-corrected chi connectivity index (χ4v) is 7.68. The van der Waals surface area contributed by atoms with E-state index in [4.69, 9.17) is 4.98 Å². The van der Waals surface area contributed by atoms with Crippen LogP contribution >= 0.6 is 0 Å². The molecule has 244 valence electrons. The van der Waals surface area contributed by atoms with E-state index in [-0.39, 0.29) is 26.5 Å². The molecule has 5 aromatic carbocycles. The van der Waals surface area contributed by atoms with Crippen LogP contribution in [0.15, 0.2) is 134 Å². The molecule has 9 rings (SSSR count). The van der Waals surface area contributed by atoms with Crippen molar-refractivity contribution in [2.75, 3.05) is 11.9 Å². The molecular formula is C44H35N4Pt-3. The van der Waals surface area contributed by atoms with Gasteiger partial charge in [-0.2, -0.15) is 43.1 Å². The van der Waals surface area contributed by atoms with Gasteiger partial charge in [0, 0.05) is 26.6 Å². The summed E-state index contributed by atoms with van der Waals surface area (Å²) in [6.07, 6.45) is 4.11. The summed E-state index contributed by atoms with van der Waals surface area (Å²) in [5.74, 6) is 0.882. The van der Waals surface area contributed by atoms with E-state index in [1.807, 2.05) is 30.3 Å². The van der Waals surface area contributed by atoms with Crippen molar-refractivity contribution in [3.63, 3.8) is 0 Å². The third-order valence-electron chi connectivity index (χ3n) is 9.97. The van der Waals surface area contributed by atoms with E-state index < -0.39 is 5.41 Å². The molecule has 0 radical (unpaired) electrons. The van der Waals surface area contributed by atoms with Crippen LogP contribution in [0.4, 0.5) is 5.69 Å². The Kier molecular flexibility index (Phi) is 7.42. The van der Waals surface area contributed by atoms with Crippen LogP contribution in [-0.2, 0) is 31.9 Å². The van der Waals surface area contributed by atoms with Gasteiger partial charge in [-0.3, -0.25) is 0 Å². The van der Waals surface area contributed by atoms with Crippen LogP contribution in [0.2, 0.25) is 0 Å². The van der Waals surface area contributed by atoms with Gasteiger partial charge >= 0.3 is 0 Å². The number of benzene rings is 5. The smallest absolute Gasteiger partial charge is 0.136 e. The zero-order valence-electron chi connectivity index (χ0n) is 27.9. The molecule has 1 aliphatic heterocycles. The molecule has 2 aromatic heterocycles. The standard InChI is InChI=1S/C44H35N4.Pt/c1-43(2,3)31-26-41(44(30-14-6-5-7-15-30)37-19-11-8-16-33(37)34-17-9-12-20-38(34)44)45-42(27-31)48-39-21-13-10-18-35(39)36-23-22-32(28-40(36)48)47-25-24-46(4)29-47;/h5-14,16-27,29H,1-4H3;/q-3;. The Hall–Kier alpha value is -4.92. The summed E-state index contributed by atoms with van der Waals surface area (Å²) in [6, 6.07) is 51.1. The second kappa shape index (κ2) is 11.6. The SMILES string of the molecule is CN1C=CN(c2[c-]c3c(cc2)c2ccccc2n3-c2cc(C(C)(C)C)cc(C3(c4[c-]cccc4)c4ccccc4-c4ccccc43)n2)[CH-]1.[Pt]. The molecule has 2 aliphatic rings. The third-order valence-corrected chi connectivity index (χ3v) is 9.97. The van der Waals surface area contributed by atoms with E-state index in [0.29, 0.717) is 0 Å². The number of para-hydroxylation sites is 1. The summed E-state index contributed by atoms with van der Waals surface area (Å²) in [4.78, 5) is 9.89. The Balaban J connectivity index is 0.00000348. The number of hydrogen-bond acceptors (Lipinski definition) is 3. The summed E-state index contributed by atoms with van der Waals surface area (Å²) < 4.78 is 2.31. The minimum atomic E-state index is -0.655. The minimum Gasteiger partial charge on any atom is -0.510 e. The quantitative estimate of drug-likeness (QED) is 0.166. The van der Waals surface area contributed by atoms with E-state index in [1.54, 1.807) is 0 Å². The molecule has 0 bridgehead atoms. The van der Waals surface area contributed by atoms with Gasteiger partial charge in [0.1, 0.15) is 5.82 Å². The molecule has 0 saturated heterocycles. The molecule has 3 heterocycles. The monoisotopic (exact) mass is 814 g/mol. The van der Waals surface area contributed by atoms with E-state index >= 15 is 0 Å².